The van der Waals surface area contributed by atoms with Crippen molar-refractivity contribution in [3.63, 3.8) is 0 Å². The van der Waals surface area contributed by atoms with E-state index in [4.69, 9.17) is 21.1 Å². The minimum atomic E-state index is 0.467. The van der Waals surface area contributed by atoms with Crippen LogP contribution in [0.3, 0.4) is 0 Å². The molecule has 1 saturated heterocycles. The van der Waals surface area contributed by atoms with Gasteiger partial charge in [-0.25, -0.2) is 0 Å². The highest BCUT2D eigenvalue weighted by molar-refractivity contribution is 9.10. The van der Waals surface area contributed by atoms with E-state index in [1.807, 2.05) is 48.6 Å². The van der Waals surface area contributed by atoms with Crippen molar-refractivity contribution < 1.29 is 9.47 Å². The minimum Gasteiger partial charge on any atom is -0.493 e. The van der Waals surface area contributed by atoms with Crippen molar-refractivity contribution in [1.82, 2.24) is 10.6 Å². The van der Waals surface area contributed by atoms with Gasteiger partial charge in [-0.1, -0.05) is 58.4 Å². The molecule has 0 radical (unpaired) electrons. The molecule has 4 nitrogen and oxygen atoms in total. The molecule has 1 heterocycles. The fraction of sp³-hybridized carbons (Fsp3) is 0.333. The Morgan fingerprint density at radius 3 is 2.70 bits per heavy atom. The molecule has 3 rings (SSSR count). The van der Waals surface area contributed by atoms with E-state index in [0.717, 1.165) is 65.6 Å². The van der Waals surface area contributed by atoms with E-state index in [2.05, 4.69) is 33.1 Å². The number of rotatable bonds is 12. The summed E-state index contributed by atoms with van der Waals surface area (Å²) in [6.45, 7) is 9.12. The molecule has 0 aliphatic carbocycles. The first-order valence-electron chi connectivity index (χ1n) is 10.2. The Morgan fingerprint density at radius 1 is 1.13 bits per heavy atom. The predicted molar refractivity (Wildman–Crippen MR) is 130 cm³/mol. The number of hydrogen-bond donors (Lipinski definition) is 2. The molecule has 0 bridgehead atoms. The van der Waals surface area contributed by atoms with Gasteiger partial charge in [0.25, 0.3) is 0 Å². The summed E-state index contributed by atoms with van der Waals surface area (Å²) >= 11 is 9.60. The lowest BCUT2D eigenvalue weighted by atomic mass is 10.0. The van der Waals surface area contributed by atoms with E-state index < -0.39 is 0 Å². The molecule has 0 spiro atoms. The van der Waals surface area contributed by atoms with Crippen molar-refractivity contribution in [3.8, 4) is 11.5 Å². The van der Waals surface area contributed by atoms with Crippen molar-refractivity contribution in [2.75, 3.05) is 39.4 Å². The molecule has 0 amide bonds. The highest BCUT2D eigenvalue weighted by Crippen LogP contribution is 2.28. The van der Waals surface area contributed by atoms with E-state index in [0.29, 0.717) is 18.2 Å². The van der Waals surface area contributed by atoms with Crippen LogP contribution in [0.25, 0.3) is 12.2 Å². The number of ether oxygens (including phenoxy) is 2. The van der Waals surface area contributed by atoms with Crippen molar-refractivity contribution in [1.29, 1.82) is 0 Å². The maximum Gasteiger partial charge on any atom is 0.126 e. The smallest absolute Gasteiger partial charge is 0.126 e. The average Bonchev–Trinajstić information content (AvgIpc) is 2.70. The van der Waals surface area contributed by atoms with Crippen LogP contribution >= 0.6 is 27.5 Å². The van der Waals surface area contributed by atoms with Crippen molar-refractivity contribution in [2.45, 2.75) is 6.42 Å². The zero-order valence-electron chi connectivity index (χ0n) is 17.0. The summed E-state index contributed by atoms with van der Waals surface area (Å²) in [4.78, 5) is 0. The molecule has 2 aromatic carbocycles. The Kier molecular flexibility index (Phi) is 9.27. The van der Waals surface area contributed by atoms with Gasteiger partial charge < -0.3 is 20.1 Å². The molecule has 0 unspecified atom stereocenters. The van der Waals surface area contributed by atoms with Gasteiger partial charge in [-0.3, -0.25) is 0 Å². The number of benzene rings is 2. The Bertz CT molecular complexity index is 868. The normalized spacial score (nSPS) is 13.9. The van der Waals surface area contributed by atoms with Gasteiger partial charge in [0.2, 0.25) is 0 Å². The van der Waals surface area contributed by atoms with E-state index in [1.54, 1.807) is 6.08 Å². The second-order valence-electron chi connectivity index (χ2n) is 7.23. The van der Waals surface area contributed by atoms with Crippen LogP contribution in [0.5, 0.6) is 11.5 Å². The summed E-state index contributed by atoms with van der Waals surface area (Å²) in [6, 6.07) is 11.6. The summed E-state index contributed by atoms with van der Waals surface area (Å²) in [5.74, 6) is 2.40. The van der Waals surface area contributed by atoms with E-state index in [1.165, 1.54) is 0 Å². The lowest BCUT2D eigenvalue weighted by Crippen LogP contribution is -2.47. The van der Waals surface area contributed by atoms with Crippen LogP contribution in [0.2, 0.25) is 5.02 Å². The second kappa shape index (κ2) is 12.2. The summed E-state index contributed by atoms with van der Waals surface area (Å²) in [5, 5.41) is 7.49. The molecule has 6 heteroatoms. The highest BCUT2D eigenvalue weighted by atomic mass is 79.9. The SMILES string of the molecule is C=CCOc1ccc(OCCCNCC2CNC2)c(/C=C/c2ccc(Cl)cc2Br)c1. The summed E-state index contributed by atoms with van der Waals surface area (Å²) in [6.07, 6.45) is 6.76. The van der Waals surface area contributed by atoms with Crippen LogP contribution in [0.4, 0.5) is 0 Å². The van der Waals surface area contributed by atoms with Crippen LogP contribution in [0.1, 0.15) is 17.5 Å². The Hall–Kier alpha value is -1.79. The molecular formula is C24H28BrClN2O2. The molecule has 2 aromatic rings. The predicted octanol–water partition coefficient (Wildman–Crippen LogP) is 5.42. The first-order chi connectivity index (χ1) is 14.7. The third-order valence-electron chi connectivity index (χ3n) is 4.81. The fourth-order valence-electron chi connectivity index (χ4n) is 3.03. The van der Waals surface area contributed by atoms with E-state index in [9.17, 15) is 0 Å². The molecule has 160 valence electrons. The molecule has 1 aliphatic heterocycles. The molecule has 0 atom stereocenters. The van der Waals surface area contributed by atoms with Gasteiger partial charge in [0.15, 0.2) is 0 Å². The third-order valence-corrected chi connectivity index (χ3v) is 5.73. The van der Waals surface area contributed by atoms with Gasteiger partial charge in [0.05, 0.1) is 6.61 Å². The Morgan fingerprint density at radius 2 is 1.97 bits per heavy atom. The van der Waals surface area contributed by atoms with Crippen LogP contribution in [-0.2, 0) is 0 Å². The fourth-order valence-corrected chi connectivity index (χ4v) is 3.84. The highest BCUT2D eigenvalue weighted by Gasteiger charge is 2.15. The summed E-state index contributed by atoms with van der Waals surface area (Å²) in [7, 11) is 0. The van der Waals surface area contributed by atoms with Crippen LogP contribution in [-0.4, -0.2) is 39.4 Å². The van der Waals surface area contributed by atoms with Crippen LogP contribution < -0.4 is 20.1 Å². The molecule has 1 aliphatic rings. The largest absolute Gasteiger partial charge is 0.493 e. The number of nitrogens with one attached hydrogen (secondary N) is 2. The third kappa shape index (κ3) is 7.17. The first kappa shape index (κ1) is 22.9. The van der Waals surface area contributed by atoms with Crippen molar-refractivity contribution in [3.05, 3.63) is 69.7 Å². The van der Waals surface area contributed by atoms with Gasteiger partial charge in [-0.05, 0) is 54.8 Å². The average molecular weight is 492 g/mol. The number of halogens is 2. The molecule has 0 saturated carbocycles. The van der Waals surface area contributed by atoms with Crippen LogP contribution in [0.15, 0.2) is 53.5 Å². The van der Waals surface area contributed by atoms with E-state index in [-0.39, 0.29) is 0 Å². The van der Waals surface area contributed by atoms with Gasteiger partial charge in [0, 0.05) is 34.7 Å². The lowest BCUT2D eigenvalue weighted by molar-refractivity contribution is 0.295. The van der Waals surface area contributed by atoms with E-state index >= 15 is 0 Å². The summed E-state index contributed by atoms with van der Waals surface area (Å²) in [5.41, 5.74) is 2.00. The maximum atomic E-state index is 6.07. The van der Waals surface area contributed by atoms with Crippen LogP contribution in [0, 0.1) is 5.92 Å². The molecule has 0 aromatic heterocycles. The molecular weight excluding hydrogens is 464 g/mol. The second-order valence-corrected chi connectivity index (χ2v) is 8.52. The Balaban J connectivity index is 1.61. The lowest BCUT2D eigenvalue weighted by Gasteiger charge is -2.27. The zero-order valence-corrected chi connectivity index (χ0v) is 19.3. The van der Waals surface area contributed by atoms with Gasteiger partial charge in [-0.15, -0.1) is 0 Å². The van der Waals surface area contributed by atoms with Gasteiger partial charge >= 0.3 is 0 Å². The van der Waals surface area contributed by atoms with Gasteiger partial charge in [-0.2, -0.15) is 0 Å². The first-order valence-corrected chi connectivity index (χ1v) is 11.4. The standard InChI is InChI=1S/C24H28BrClN2O2/c1-2-11-29-22-8-9-24(30-12-3-10-27-15-18-16-28-17-18)20(13-22)5-4-19-6-7-21(26)14-23(19)25/h2,4-9,13-14,18,27-28H,1,3,10-12,15-17H2/b5-4+. The van der Waals surface area contributed by atoms with Crippen molar-refractivity contribution >= 4 is 39.7 Å². The summed E-state index contributed by atoms with van der Waals surface area (Å²) < 4.78 is 12.7. The zero-order chi connectivity index (χ0) is 21.2. The topological polar surface area (TPSA) is 42.5 Å². The monoisotopic (exact) mass is 490 g/mol. The molecule has 2 N–H and O–H groups in total. The molecule has 30 heavy (non-hydrogen) atoms. The number of hydrogen-bond acceptors (Lipinski definition) is 4. The Labute approximate surface area is 192 Å². The van der Waals surface area contributed by atoms with Gasteiger partial charge in [0.1, 0.15) is 18.1 Å². The maximum absolute atomic E-state index is 6.07. The van der Waals surface area contributed by atoms with Crippen molar-refractivity contribution in [2.24, 2.45) is 5.92 Å². The molecule has 1 fully saturated rings. The quantitative estimate of drug-likeness (QED) is 0.236. The minimum absolute atomic E-state index is 0.467.